The third kappa shape index (κ3) is 4.15. The highest BCUT2D eigenvalue weighted by atomic mass is 19.1. The van der Waals surface area contributed by atoms with Gasteiger partial charge in [-0.25, -0.2) is 13.8 Å². The fourth-order valence-electron chi connectivity index (χ4n) is 2.29. The summed E-state index contributed by atoms with van der Waals surface area (Å²) in [6.07, 6.45) is 1.98. The van der Waals surface area contributed by atoms with Crippen molar-refractivity contribution in [3.05, 3.63) is 64.2 Å². The van der Waals surface area contributed by atoms with Gasteiger partial charge in [-0.15, -0.1) is 0 Å². The first kappa shape index (κ1) is 17.1. The Morgan fingerprint density at radius 1 is 1.09 bits per heavy atom. The number of nitrogens with zero attached hydrogens (tertiary/aromatic N) is 2. The van der Waals surface area contributed by atoms with Gasteiger partial charge in [0.2, 0.25) is 0 Å². The molecular weight excluding hydrogens is 294 g/mol. The first-order valence-corrected chi connectivity index (χ1v) is 7.69. The molecule has 4 heteroatoms. The molecule has 0 amide bonds. The van der Waals surface area contributed by atoms with Gasteiger partial charge in [0.05, 0.1) is 6.34 Å². The second-order valence-corrected chi connectivity index (χ2v) is 5.77. The average molecular weight is 316 g/mol. The molecule has 0 radical (unpaired) electrons. The maximum atomic E-state index is 14.2. The van der Waals surface area contributed by atoms with Crippen LogP contribution in [0.1, 0.15) is 29.2 Å². The summed E-state index contributed by atoms with van der Waals surface area (Å²) in [4.78, 5) is 6.03. The molecule has 0 unspecified atom stereocenters. The van der Waals surface area contributed by atoms with Crippen LogP contribution in [-0.2, 0) is 6.42 Å². The molecule has 122 valence electrons. The van der Waals surface area contributed by atoms with Crippen LogP contribution in [0.2, 0.25) is 0 Å². The van der Waals surface area contributed by atoms with E-state index in [1.165, 1.54) is 6.07 Å². The fraction of sp³-hybridized carbons (Fsp3) is 0.316. The summed E-state index contributed by atoms with van der Waals surface area (Å²) in [7, 11) is 1.88. The van der Waals surface area contributed by atoms with Crippen LogP contribution in [-0.4, -0.2) is 24.8 Å². The minimum Gasteiger partial charge on any atom is -0.366 e. The Morgan fingerprint density at radius 3 is 2.52 bits per heavy atom. The summed E-state index contributed by atoms with van der Waals surface area (Å²) in [5, 5.41) is 0. The Hall–Kier alpha value is -2.23. The molecule has 2 aromatic carbocycles. The maximum absolute atomic E-state index is 14.2. The zero-order valence-corrected chi connectivity index (χ0v) is 14.0. The lowest BCUT2D eigenvalue weighted by Crippen LogP contribution is -2.14. The molecule has 0 saturated heterocycles. The van der Waals surface area contributed by atoms with Crippen molar-refractivity contribution in [2.75, 3.05) is 13.6 Å². The fourth-order valence-corrected chi connectivity index (χ4v) is 2.29. The highest BCUT2D eigenvalue weighted by molar-refractivity contribution is 5.62. The van der Waals surface area contributed by atoms with E-state index in [1.54, 1.807) is 31.5 Å². The molecule has 0 aromatic heterocycles. The zero-order chi connectivity index (χ0) is 17.0. The van der Waals surface area contributed by atoms with Gasteiger partial charge in [-0.2, -0.15) is 0 Å². The van der Waals surface area contributed by atoms with E-state index in [0.29, 0.717) is 23.2 Å². The van der Waals surface area contributed by atoms with Crippen LogP contribution >= 0.6 is 0 Å². The molecule has 0 aliphatic heterocycles. The van der Waals surface area contributed by atoms with E-state index in [0.717, 1.165) is 17.7 Å². The van der Waals surface area contributed by atoms with E-state index in [9.17, 15) is 8.78 Å². The Kier molecular flexibility index (Phi) is 5.48. The second kappa shape index (κ2) is 7.36. The molecule has 2 rings (SSSR count). The monoisotopic (exact) mass is 316 g/mol. The first-order chi connectivity index (χ1) is 10.9. The van der Waals surface area contributed by atoms with Crippen molar-refractivity contribution < 1.29 is 8.78 Å². The summed E-state index contributed by atoms with van der Waals surface area (Å²) in [6, 6.07) is 8.45. The third-order valence-corrected chi connectivity index (χ3v) is 3.95. The number of benzene rings is 2. The molecule has 23 heavy (non-hydrogen) atoms. The Bertz CT molecular complexity index is 724. The molecule has 0 atom stereocenters. The normalized spacial score (nSPS) is 11.2. The van der Waals surface area contributed by atoms with E-state index in [2.05, 4.69) is 4.99 Å². The van der Waals surface area contributed by atoms with Crippen LogP contribution in [0.5, 0.6) is 0 Å². The van der Waals surface area contributed by atoms with Gasteiger partial charge in [0, 0.05) is 20.0 Å². The van der Waals surface area contributed by atoms with Crippen molar-refractivity contribution in [3.63, 3.8) is 0 Å². The van der Waals surface area contributed by atoms with E-state index >= 15 is 0 Å². The molecule has 0 fully saturated rings. The SMILES string of the molecule is CCN(C)/C=N/c1cc(C)c(Cc2cccc(C)c2F)cc1F. The summed E-state index contributed by atoms with van der Waals surface area (Å²) < 4.78 is 28.4. The highest BCUT2D eigenvalue weighted by Gasteiger charge is 2.11. The van der Waals surface area contributed by atoms with E-state index in [1.807, 2.05) is 31.9 Å². The molecule has 2 nitrogen and oxygen atoms in total. The van der Waals surface area contributed by atoms with Gasteiger partial charge in [0.15, 0.2) is 0 Å². The van der Waals surface area contributed by atoms with Gasteiger partial charge in [0.1, 0.15) is 17.3 Å². The lowest BCUT2D eigenvalue weighted by molar-refractivity contribution is 0.551. The molecule has 0 heterocycles. The summed E-state index contributed by atoms with van der Waals surface area (Å²) >= 11 is 0. The molecule has 0 aliphatic rings. The Labute approximate surface area is 136 Å². The van der Waals surface area contributed by atoms with Crippen LogP contribution in [0.25, 0.3) is 0 Å². The van der Waals surface area contributed by atoms with Crippen molar-refractivity contribution in [1.29, 1.82) is 0 Å². The van der Waals surface area contributed by atoms with Crippen LogP contribution in [0.15, 0.2) is 35.3 Å². The lowest BCUT2D eigenvalue weighted by Gasteiger charge is -2.11. The number of rotatable bonds is 5. The Balaban J connectivity index is 2.30. The van der Waals surface area contributed by atoms with Crippen LogP contribution in [0.3, 0.4) is 0 Å². The van der Waals surface area contributed by atoms with Gasteiger partial charge in [-0.1, -0.05) is 18.2 Å². The number of hydrogen-bond donors (Lipinski definition) is 0. The molecule has 0 N–H and O–H groups in total. The van der Waals surface area contributed by atoms with Crippen LogP contribution in [0.4, 0.5) is 14.5 Å². The summed E-state index contributed by atoms with van der Waals surface area (Å²) in [5.74, 6) is -0.613. The van der Waals surface area contributed by atoms with Gasteiger partial charge in [-0.05, 0) is 55.2 Å². The second-order valence-electron chi connectivity index (χ2n) is 5.77. The van der Waals surface area contributed by atoms with Gasteiger partial charge in [-0.3, -0.25) is 0 Å². The molecule has 0 saturated carbocycles. The van der Waals surface area contributed by atoms with Crippen molar-refractivity contribution in [1.82, 2.24) is 4.90 Å². The Morgan fingerprint density at radius 2 is 1.83 bits per heavy atom. The van der Waals surface area contributed by atoms with Gasteiger partial charge < -0.3 is 4.90 Å². The molecule has 0 bridgehead atoms. The number of hydrogen-bond acceptors (Lipinski definition) is 1. The first-order valence-electron chi connectivity index (χ1n) is 7.69. The molecule has 2 aromatic rings. The number of aliphatic imine (C=N–C) groups is 1. The van der Waals surface area contributed by atoms with Gasteiger partial charge >= 0.3 is 0 Å². The van der Waals surface area contributed by atoms with E-state index < -0.39 is 0 Å². The smallest absolute Gasteiger partial charge is 0.149 e. The minimum atomic E-state index is -0.389. The number of aryl methyl sites for hydroxylation is 2. The van der Waals surface area contributed by atoms with E-state index in [4.69, 9.17) is 0 Å². The topological polar surface area (TPSA) is 15.6 Å². The minimum absolute atomic E-state index is 0.223. The lowest BCUT2D eigenvalue weighted by atomic mass is 9.98. The third-order valence-electron chi connectivity index (χ3n) is 3.95. The number of halogens is 2. The predicted molar refractivity (Wildman–Crippen MR) is 91.5 cm³/mol. The molecule has 0 spiro atoms. The quantitative estimate of drug-likeness (QED) is 0.572. The van der Waals surface area contributed by atoms with Crippen LogP contribution in [0, 0.1) is 25.5 Å². The largest absolute Gasteiger partial charge is 0.366 e. The average Bonchev–Trinajstić information content (AvgIpc) is 2.53. The van der Waals surface area contributed by atoms with Crippen molar-refractivity contribution in [2.24, 2.45) is 4.99 Å². The highest BCUT2D eigenvalue weighted by Crippen LogP contribution is 2.25. The van der Waals surface area contributed by atoms with Crippen molar-refractivity contribution >= 4 is 12.0 Å². The van der Waals surface area contributed by atoms with E-state index in [-0.39, 0.29) is 11.6 Å². The van der Waals surface area contributed by atoms with Crippen LogP contribution < -0.4 is 0 Å². The van der Waals surface area contributed by atoms with Crippen molar-refractivity contribution in [2.45, 2.75) is 27.2 Å². The van der Waals surface area contributed by atoms with Gasteiger partial charge in [0.25, 0.3) is 0 Å². The molecule has 0 aliphatic carbocycles. The standard InChI is InChI=1S/C19H22F2N2/c1-5-23(4)12-22-18-9-14(3)16(11-17(18)20)10-15-8-6-7-13(2)19(15)21/h6-9,11-12H,5,10H2,1-4H3/b22-12+. The maximum Gasteiger partial charge on any atom is 0.149 e. The van der Waals surface area contributed by atoms with Crippen molar-refractivity contribution in [3.8, 4) is 0 Å². The predicted octanol–water partition coefficient (Wildman–Crippen LogP) is 4.78. The summed E-state index contributed by atoms with van der Waals surface area (Å²) in [6.45, 7) is 6.42. The zero-order valence-electron chi connectivity index (χ0n) is 14.0. The molecular formula is C19H22F2N2. The summed E-state index contributed by atoms with van der Waals surface area (Å²) in [5.41, 5.74) is 3.16.